The maximum atomic E-state index is 14.3. The molecule has 0 aromatic heterocycles. The number of esters is 1. The highest BCUT2D eigenvalue weighted by Gasteiger charge is 2.71. The topological polar surface area (TPSA) is 107 Å². The molecule has 4 fully saturated rings. The lowest BCUT2D eigenvalue weighted by Gasteiger charge is -2.72. The van der Waals surface area contributed by atoms with Crippen LogP contribution in [-0.4, -0.2) is 83.7 Å². The van der Waals surface area contributed by atoms with Crippen LogP contribution in [0.5, 0.6) is 0 Å². The Morgan fingerprint density at radius 2 is 1.58 bits per heavy atom. The molecule has 1 aromatic carbocycles. The molecule has 57 heavy (non-hydrogen) atoms. The standard InChI is InChI=1S/C48H73ClN2O6/c1-30(2)40-34(52)26-48(37(53)29-51(25-24-50(10)11)28-31-12-14-32(49)15-13-31)23-22-46(8)33(41(40)48)16-17-36-45(7)20-19-38(57-39(54)27-43(3,4)42(55)56)44(5,6)35(45)18-21-47(36,46)9/h12-15,30,33,35-38,53H,16-29H2,1-11H3,(H,55,56)/t33-,35+,36-,37-,38+,45+,46-,47?,48+/m1/s1. The molecule has 9 heteroatoms. The Bertz CT molecular complexity index is 1740. The lowest BCUT2D eigenvalue weighted by Crippen LogP contribution is -2.66. The van der Waals surface area contributed by atoms with Gasteiger partial charge in [-0.3, -0.25) is 19.3 Å². The van der Waals surface area contributed by atoms with Crippen LogP contribution in [0.25, 0.3) is 0 Å². The summed E-state index contributed by atoms with van der Waals surface area (Å²) < 4.78 is 6.20. The van der Waals surface area contributed by atoms with Gasteiger partial charge in [0.2, 0.25) is 0 Å². The van der Waals surface area contributed by atoms with E-state index in [1.165, 1.54) is 5.57 Å². The number of nitrogens with zero attached hydrogens (tertiary/aromatic N) is 2. The van der Waals surface area contributed by atoms with Gasteiger partial charge in [0, 0.05) is 48.5 Å². The van der Waals surface area contributed by atoms with E-state index in [0.29, 0.717) is 36.4 Å². The van der Waals surface area contributed by atoms with Crippen LogP contribution < -0.4 is 0 Å². The molecule has 6 rings (SSSR count). The largest absolute Gasteiger partial charge is 0.481 e. The van der Waals surface area contributed by atoms with E-state index in [4.69, 9.17) is 16.3 Å². The van der Waals surface area contributed by atoms with E-state index in [2.05, 4.69) is 84.5 Å². The molecule has 0 bridgehead atoms. The molecule has 4 saturated carbocycles. The molecule has 5 aliphatic carbocycles. The second kappa shape index (κ2) is 15.6. The van der Waals surface area contributed by atoms with Gasteiger partial charge in [0.1, 0.15) is 6.10 Å². The van der Waals surface area contributed by atoms with Crippen LogP contribution in [0.1, 0.15) is 132 Å². The maximum absolute atomic E-state index is 14.3. The molecule has 1 aromatic rings. The van der Waals surface area contributed by atoms with Gasteiger partial charge in [0.25, 0.3) is 0 Å². The first kappa shape index (κ1) is 44.3. The molecule has 0 aliphatic heterocycles. The van der Waals surface area contributed by atoms with Gasteiger partial charge in [-0.05, 0) is 142 Å². The maximum Gasteiger partial charge on any atom is 0.309 e. The molecular weight excluding hydrogens is 736 g/mol. The summed E-state index contributed by atoms with van der Waals surface area (Å²) in [6, 6.07) is 8.00. The summed E-state index contributed by atoms with van der Waals surface area (Å²) >= 11 is 6.24. The van der Waals surface area contributed by atoms with E-state index in [1.807, 2.05) is 12.1 Å². The Balaban J connectivity index is 1.29. The molecule has 0 saturated heterocycles. The van der Waals surface area contributed by atoms with Gasteiger partial charge in [0.15, 0.2) is 5.78 Å². The van der Waals surface area contributed by atoms with E-state index >= 15 is 0 Å². The van der Waals surface area contributed by atoms with Crippen LogP contribution in [0.4, 0.5) is 0 Å². The number of fused-ring (bicyclic) bond motifs is 7. The number of carbonyl (C=O) groups is 3. The summed E-state index contributed by atoms with van der Waals surface area (Å²) in [5, 5.41) is 23.0. The minimum Gasteiger partial charge on any atom is -0.481 e. The Morgan fingerprint density at radius 3 is 2.19 bits per heavy atom. The fourth-order valence-corrected chi connectivity index (χ4v) is 13.9. The van der Waals surface area contributed by atoms with Crippen LogP contribution in [0.3, 0.4) is 0 Å². The summed E-state index contributed by atoms with van der Waals surface area (Å²) in [6.07, 6.45) is 7.13. The van der Waals surface area contributed by atoms with Crippen molar-refractivity contribution in [1.29, 1.82) is 0 Å². The van der Waals surface area contributed by atoms with Crippen molar-refractivity contribution in [2.45, 2.75) is 145 Å². The van der Waals surface area contributed by atoms with Gasteiger partial charge in [-0.15, -0.1) is 0 Å². The average molecular weight is 810 g/mol. The van der Waals surface area contributed by atoms with E-state index < -0.39 is 28.9 Å². The van der Waals surface area contributed by atoms with Gasteiger partial charge in [-0.2, -0.15) is 0 Å². The number of ether oxygens (including phenoxy) is 1. The highest BCUT2D eigenvalue weighted by Crippen LogP contribution is 2.77. The van der Waals surface area contributed by atoms with Crippen molar-refractivity contribution in [3.63, 3.8) is 0 Å². The summed E-state index contributed by atoms with van der Waals surface area (Å²) in [4.78, 5) is 43.8. The molecule has 0 amide bonds. The van der Waals surface area contributed by atoms with Crippen LogP contribution in [0.15, 0.2) is 35.4 Å². The second-order valence-electron chi connectivity index (χ2n) is 21.7. The quantitative estimate of drug-likeness (QED) is 0.190. The van der Waals surface area contributed by atoms with Gasteiger partial charge in [0.05, 0.1) is 17.9 Å². The number of hydrogen-bond donors (Lipinski definition) is 2. The average Bonchev–Trinajstić information content (AvgIpc) is 3.42. The van der Waals surface area contributed by atoms with Gasteiger partial charge >= 0.3 is 11.9 Å². The van der Waals surface area contributed by atoms with E-state index in [1.54, 1.807) is 13.8 Å². The van der Waals surface area contributed by atoms with Crippen LogP contribution in [0.2, 0.25) is 5.02 Å². The number of benzene rings is 1. The summed E-state index contributed by atoms with van der Waals surface area (Å²) in [6.45, 7) is 22.6. The minimum absolute atomic E-state index is 0.0308. The Morgan fingerprint density at radius 1 is 0.912 bits per heavy atom. The monoisotopic (exact) mass is 809 g/mol. The van der Waals surface area contributed by atoms with Crippen LogP contribution in [0, 0.1) is 56.2 Å². The molecule has 318 valence electrons. The first-order chi connectivity index (χ1) is 26.4. The number of carboxylic acid groups (broad SMARTS) is 1. The summed E-state index contributed by atoms with van der Waals surface area (Å²) in [5.41, 5.74) is 1.54. The summed E-state index contributed by atoms with van der Waals surface area (Å²) in [5.74, 6) is 0.00261. The van der Waals surface area contributed by atoms with Crippen LogP contribution >= 0.6 is 11.6 Å². The Labute approximate surface area is 348 Å². The van der Waals surface area contributed by atoms with Crippen molar-refractivity contribution in [2.75, 3.05) is 33.7 Å². The first-order valence-electron chi connectivity index (χ1n) is 21.9. The number of carbonyl (C=O) groups excluding carboxylic acids is 2. The molecule has 0 spiro atoms. The van der Waals surface area contributed by atoms with Crippen LogP contribution in [-0.2, 0) is 25.7 Å². The SMILES string of the molecule is CC(C)C1=C2[C@H]3CC[C@H]4C(C)(CC[C@H]5C(C)(C)[C@@H](OC(=O)CC(C)(C)C(=O)O)CC[C@@]54C)[C@]3(C)CC[C@@]2([C@H](O)CN(CCN(C)C)Cc2ccc(Cl)cc2)CC1=O. The second-order valence-corrected chi connectivity index (χ2v) is 22.2. The number of likely N-dealkylation sites (N-methyl/N-ethyl adjacent to an activating group) is 1. The normalized spacial score (nSPS) is 35.5. The lowest BCUT2D eigenvalue weighted by molar-refractivity contribution is -0.235. The zero-order valence-corrected chi connectivity index (χ0v) is 37.7. The molecule has 8 nitrogen and oxygen atoms in total. The van der Waals surface area contributed by atoms with Crippen molar-refractivity contribution in [1.82, 2.24) is 9.80 Å². The number of aliphatic hydroxyl groups excluding tert-OH is 1. The number of ketones is 1. The van der Waals surface area contributed by atoms with E-state index in [9.17, 15) is 24.6 Å². The number of hydrogen-bond acceptors (Lipinski definition) is 7. The molecule has 5 aliphatic rings. The Hall–Kier alpha value is -2.26. The molecule has 1 unspecified atom stereocenters. The third-order valence-corrected chi connectivity index (χ3v) is 17.4. The smallest absolute Gasteiger partial charge is 0.309 e. The molecule has 2 N–H and O–H groups in total. The van der Waals surface area contributed by atoms with E-state index in [-0.39, 0.29) is 51.8 Å². The minimum atomic E-state index is -1.17. The fourth-order valence-electron chi connectivity index (χ4n) is 13.8. The number of aliphatic hydroxyl groups is 1. The van der Waals surface area contributed by atoms with Gasteiger partial charge in [-0.1, -0.05) is 77.8 Å². The van der Waals surface area contributed by atoms with Crippen molar-refractivity contribution >= 4 is 29.3 Å². The van der Waals surface area contributed by atoms with Gasteiger partial charge in [-0.25, -0.2) is 0 Å². The van der Waals surface area contributed by atoms with Crippen molar-refractivity contribution in [3.05, 3.63) is 46.0 Å². The van der Waals surface area contributed by atoms with Crippen molar-refractivity contribution in [3.8, 4) is 0 Å². The van der Waals surface area contributed by atoms with Gasteiger partial charge < -0.3 is 19.8 Å². The molecule has 0 heterocycles. The van der Waals surface area contributed by atoms with E-state index in [0.717, 1.165) is 75.6 Å². The molecular formula is C48H73ClN2O6. The number of halogens is 1. The zero-order chi connectivity index (χ0) is 42.1. The predicted molar refractivity (Wildman–Crippen MR) is 227 cm³/mol. The zero-order valence-electron chi connectivity index (χ0n) is 37.0. The van der Waals surface area contributed by atoms with Crippen molar-refractivity contribution < 1.29 is 29.3 Å². The number of allylic oxidation sites excluding steroid dienone is 1. The first-order valence-corrected chi connectivity index (χ1v) is 22.3. The highest BCUT2D eigenvalue weighted by atomic mass is 35.5. The lowest BCUT2D eigenvalue weighted by atomic mass is 9.33. The number of carboxylic acids is 1. The highest BCUT2D eigenvalue weighted by molar-refractivity contribution is 6.30. The Kier molecular flexibility index (Phi) is 12.2. The number of aliphatic carboxylic acids is 1. The molecule has 9 atom stereocenters. The predicted octanol–water partition coefficient (Wildman–Crippen LogP) is 9.46. The summed E-state index contributed by atoms with van der Waals surface area (Å²) in [7, 11) is 4.17. The fraction of sp³-hybridized carbons (Fsp3) is 0.771. The molecule has 0 radical (unpaired) electrons. The third-order valence-electron chi connectivity index (χ3n) is 17.1. The number of Topliss-reactive ketones (excluding diaryl/α,β-unsaturated/α-hetero) is 1. The van der Waals surface area contributed by atoms with Crippen molar-refractivity contribution in [2.24, 2.45) is 56.2 Å². The third kappa shape index (κ3) is 7.58. The number of rotatable bonds is 13.